The van der Waals surface area contributed by atoms with Crippen molar-refractivity contribution in [1.82, 2.24) is 20.4 Å². The maximum atomic E-state index is 5.34. The van der Waals surface area contributed by atoms with Gasteiger partial charge in [-0.3, -0.25) is 4.98 Å². The molecule has 0 amide bonds. The molecule has 1 unspecified atom stereocenters. The summed E-state index contributed by atoms with van der Waals surface area (Å²) in [7, 11) is 0. The van der Waals surface area contributed by atoms with E-state index in [4.69, 9.17) is 4.52 Å². The number of hydrogen-bond acceptors (Lipinski definition) is 5. The van der Waals surface area contributed by atoms with Crippen molar-refractivity contribution < 1.29 is 4.52 Å². The van der Waals surface area contributed by atoms with Crippen LogP contribution in [-0.4, -0.2) is 27.7 Å². The predicted octanol–water partition coefficient (Wildman–Crippen LogP) is 3.21. The van der Waals surface area contributed by atoms with Crippen LogP contribution in [0.4, 0.5) is 0 Å². The summed E-state index contributed by atoms with van der Waals surface area (Å²) in [4.78, 5) is 8.70. The minimum Gasteiger partial charge on any atom is -0.339 e. The van der Waals surface area contributed by atoms with E-state index < -0.39 is 0 Å². The Morgan fingerprint density at radius 2 is 2.25 bits per heavy atom. The molecule has 0 aliphatic heterocycles. The second kappa shape index (κ2) is 7.50. The zero-order valence-electron chi connectivity index (χ0n) is 11.8. The lowest BCUT2D eigenvalue weighted by Gasteiger charge is -2.14. The first kappa shape index (κ1) is 15.1. The molecule has 0 aliphatic rings. The highest BCUT2D eigenvalue weighted by Gasteiger charge is 2.16. The van der Waals surface area contributed by atoms with Crippen molar-refractivity contribution in [2.75, 3.05) is 6.54 Å². The van der Waals surface area contributed by atoms with Crippen LogP contribution >= 0.6 is 15.9 Å². The van der Waals surface area contributed by atoms with Crippen LogP contribution in [0.5, 0.6) is 0 Å². The second-order valence-corrected chi connectivity index (χ2v) is 5.45. The topological polar surface area (TPSA) is 63.8 Å². The van der Waals surface area contributed by atoms with E-state index in [1.807, 2.05) is 12.1 Å². The van der Waals surface area contributed by atoms with Crippen molar-refractivity contribution in [3.05, 3.63) is 28.7 Å². The summed E-state index contributed by atoms with van der Waals surface area (Å²) < 4.78 is 6.20. The molecule has 2 rings (SSSR count). The number of hydrogen-bond donors (Lipinski definition) is 1. The number of nitrogens with zero attached hydrogens (tertiary/aromatic N) is 3. The fourth-order valence-electron chi connectivity index (χ4n) is 2.11. The summed E-state index contributed by atoms with van der Waals surface area (Å²) >= 11 is 3.45. The highest BCUT2D eigenvalue weighted by atomic mass is 79.9. The Balaban J connectivity index is 2.10. The molecular formula is C14H19BrN4O. The first-order chi connectivity index (χ1) is 9.74. The van der Waals surface area contributed by atoms with E-state index in [-0.39, 0.29) is 0 Å². The number of halogens is 1. The molecule has 1 N–H and O–H groups in total. The zero-order chi connectivity index (χ0) is 14.4. The Morgan fingerprint density at radius 3 is 2.95 bits per heavy atom. The van der Waals surface area contributed by atoms with Crippen LogP contribution in [0.1, 0.15) is 32.6 Å². The Hall–Kier alpha value is -1.27. The molecule has 2 heterocycles. The number of nitrogens with one attached hydrogen (secondary N) is 1. The first-order valence-corrected chi connectivity index (χ1v) is 7.70. The molecular weight excluding hydrogens is 320 g/mol. The molecule has 5 nitrogen and oxygen atoms in total. The molecule has 0 aliphatic carbocycles. The zero-order valence-corrected chi connectivity index (χ0v) is 13.4. The maximum absolute atomic E-state index is 5.34. The van der Waals surface area contributed by atoms with E-state index in [0.29, 0.717) is 23.5 Å². The van der Waals surface area contributed by atoms with Crippen LogP contribution in [-0.2, 0) is 6.42 Å². The minimum atomic E-state index is 0.380. The van der Waals surface area contributed by atoms with Crippen molar-refractivity contribution in [2.24, 2.45) is 0 Å². The van der Waals surface area contributed by atoms with Crippen molar-refractivity contribution in [3.8, 4) is 11.5 Å². The molecule has 0 radical (unpaired) electrons. The molecule has 1 atom stereocenters. The van der Waals surface area contributed by atoms with Crippen molar-refractivity contribution in [1.29, 1.82) is 0 Å². The summed E-state index contributed by atoms with van der Waals surface area (Å²) in [5.74, 6) is 1.18. The first-order valence-electron chi connectivity index (χ1n) is 6.91. The van der Waals surface area contributed by atoms with Gasteiger partial charge in [-0.25, -0.2) is 0 Å². The molecule has 0 spiro atoms. The molecule has 2 aromatic heterocycles. The van der Waals surface area contributed by atoms with Gasteiger partial charge in [0.2, 0.25) is 11.7 Å². The smallest absolute Gasteiger partial charge is 0.228 e. The number of aromatic nitrogens is 3. The molecule has 0 saturated heterocycles. The fourth-order valence-corrected chi connectivity index (χ4v) is 2.54. The van der Waals surface area contributed by atoms with Gasteiger partial charge in [0, 0.05) is 23.1 Å². The SMILES string of the molecule is CCCC(Cc1nc(-c2ncccc2Br)no1)NCC. The van der Waals surface area contributed by atoms with Crippen LogP contribution < -0.4 is 5.32 Å². The van der Waals surface area contributed by atoms with E-state index in [0.717, 1.165) is 30.3 Å². The molecule has 0 bridgehead atoms. The summed E-state index contributed by atoms with van der Waals surface area (Å²) in [6.45, 7) is 5.22. The standard InChI is InChI=1S/C14H19BrN4O/c1-3-6-10(16-4-2)9-12-18-14(19-20-12)13-11(15)7-5-8-17-13/h5,7-8,10,16H,3-4,6,9H2,1-2H3. The Labute approximate surface area is 127 Å². The van der Waals surface area contributed by atoms with E-state index >= 15 is 0 Å². The molecule has 108 valence electrons. The van der Waals surface area contributed by atoms with Gasteiger partial charge in [-0.15, -0.1) is 0 Å². The van der Waals surface area contributed by atoms with E-state index in [9.17, 15) is 0 Å². The number of pyridine rings is 1. The van der Waals surface area contributed by atoms with Crippen molar-refractivity contribution in [3.63, 3.8) is 0 Å². The lowest BCUT2D eigenvalue weighted by Crippen LogP contribution is -2.30. The molecule has 20 heavy (non-hydrogen) atoms. The maximum Gasteiger partial charge on any atom is 0.228 e. The average molecular weight is 339 g/mol. The van der Waals surface area contributed by atoms with E-state index in [2.05, 4.69) is 50.2 Å². The second-order valence-electron chi connectivity index (χ2n) is 4.59. The molecule has 2 aromatic rings. The van der Waals surface area contributed by atoms with Gasteiger partial charge in [0.1, 0.15) is 5.69 Å². The van der Waals surface area contributed by atoms with Crippen LogP contribution in [0, 0.1) is 0 Å². The van der Waals surface area contributed by atoms with Gasteiger partial charge in [-0.1, -0.05) is 25.4 Å². The Kier molecular flexibility index (Phi) is 5.67. The van der Waals surface area contributed by atoms with E-state index in [1.165, 1.54) is 0 Å². The highest BCUT2D eigenvalue weighted by molar-refractivity contribution is 9.10. The lowest BCUT2D eigenvalue weighted by molar-refractivity contribution is 0.352. The fraction of sp³-hybridized carbons (Fsp3) is 0.500. The third-order valence-corrected chi connectivity index (χ3v) is 3.63. The summed E-state index contributed by atoms with van der Waals surface area (Å²) in [5.41, 5.74) is 0.706. The normalized spacial score (nSPS) is 12.6. The predicted molar refractivity (Wildman–Crippen MR) is 81.3 cm³/mol. The van der Waals surface area contributed by atoms with Crippen molar-refractivity contribution >= 4 is 15.9 Å². The monoisotopic (exact) mass is 338 g/mol. The van der Waals surface area contributed by atoms with Crippen LogP contribution in [0.2, 0.25) is 0 Å². The third kappa shape index (κ3) is 3.86. The third-order valence-electron chi connectivity index (χ3n) is 2.99. The van der Waals surface area contributed by atoms with Gasteiger partial charge >= 0.3 is 0 Å². The van der Waals surface area contributed by atoms with Gasteiger partial charge < -0.3 is 9.84 Å². The minimum absolute atomic E-state index is 0.380. The quantitative estimate of drug-likeness (QED) is 0.839. The Bertz CT molecular complexity index is 537. The molecule has 0 aromatic carbocycles. The summed E-state index contributed by atoms with van der Waals surface area (Å²) in [6, 6.07) is 4.15. The summed E-state index contributed by atoms with van der Waals surface area (Å²) in [6.07, 6.45) is 4.69. The van der Waals surface area contributed by atoms with Crippen LogP contribution in [0.3, 0.4) is 0 Å². The van der Waals surface area contributed by atoms with E-state index in [1.54, 1.807) is 6.20 Å². The molecule has 0 saturated carbocycles. The molecule has 6 heteroatoms. The average Bonchev–Trinajstić information content (AvgIpc) is 2.88. The number of likely N-dealkylation sites (N-methyl/N-ethyl adjacent to an activating group) is 1. The number of rotatable bonds is 7. The molecule has 0 fully saturated rings. The lowest BCUT2D eigenvalue weighted by atomic mass is 10.1. The summed E-state index contributed by atoms with van der Waals surface area (Å²) in [5, 5.41) is 7.45. The van der Waals surface area contributed by atoms with Crippen LogP contribution in [0.25, 0.3) is 11.5 Å². The Morgan fingerprint density at radius 1 is 1.40 bits per heavy atom. The van der Waals surface area contributed by atoms with Gasteiger partial charge in [0.15, 0.2) is 0 Å². The largest absolute Gasteiger partial charge is 0.339 e. The van der Waals surface area contributed by atoms with Crippen LogP contribution in [0.15, 0.2) is 27.3 Å². The highest BCUT2D eigenvalue weighted by Crippen LogP contribution is 2.23. The van der Waals surface area contributed by atoms with Gasteiger partial charge in [-0.2, -0.15) is 4.98 Å². The van der Waals surface area contributed by atoms with Gasteiger partial charge in [0.25, 0.3) is 0 Å². The van der Waals surface area contributed by atoms with Gasteiger partial charge in [0.05, 0.1) is 0 Å². The van der Waals surface area contributed by atoms with Crippen molar-refractivity contribution in [2.45, 2.75) is 39.2 Å². The van der Waals surface area contributed by atoms with Gasteiger partial charge in [-0.05, 0) is 41.0 Å².